The van der Waals surface area contributed by atoms with E-state index in [9.17, 15) is 23.3 Å². The number of ether oxygens (including phenoxy) is 6. The van der Waals surface area contributed by atoms with Gasteiger partial charge in [0.1, 0.15) is 24.0 Å². The number of nitrogens with one attached hydrogen (secondary N) is 3. The largest absolute Gasteiger partial charge is 0.493 e. The Balaban J connectivity index is 0.676. The summed E-state index contributed by atoms with van der Waals surface area (Å²) in [7, 11) is -3.00. The second-order valence-corrected chi connectivity index (χ2v) is 26.9. The fourth-order valence-corrected chi connectivity index (χ4v) is 16.4. The monoisotopic (exact) mass is 1210 g/mol. The molecule has 1 saturated carbocycles. The quantitative estimate of drug-likeness (QED) is 0.0753. The minimum absolute atomic E-state index is 0.0203. The standard InChI is InChI=1S/C63H74N12O11S/c1-39-5-3-4-6-48(39)54-35-69(32-40-23-56(81-2)60(65-31-40)71-18-21-82-22-19-71)16-17-73(54)45-29-63(30-45)11-14-70(15-12-63)43-7-8-49(51(26-43)74-50-10-20-83-38-57(50)86-62-53(74)24-41-9-13-64-59(41)67-62)61(76)68-87(79,80)47-27-52(75(77)78)58-55(28-47)85-36-42(66-58)33-72-34-46-25-44(72)37-84-46/h3-9,13,23-24,26-28,31,42,44-46,50,54,57,66H,10-12,14-22,25,29-30,32-38H2,1-2H3,(H,64,67)(H,68,76)/t42-,44-,46-,50-,54-,57-/m0/s1. The van der Waals surface area contributed by atoms with Crippen LogP contribution in [0.2, 0.25) is 0 Å². The van der Waals surface area contributed by atoms with Gasteiger partial charge in [-0.05, 0) is 104 Å². The van der Waals surface area contributed by atoms with Crippen molar-refractivity contribution in [3.8, 4) is 17.4 Å². The first kappa shape index (κ1) is 56.2. The number of sulfonamides is 1. The maximum Gasteiger partial charge on any atom is 0.297 e. The lowest BCUT2D eigenvalue weighted by molar-refractivity contribution is -0.384. The zero-order chi connectivity index (χ0) is 59.1. The molecule has 11 heterocycles. The van der Waals surface area contributed by atoms with Gasteiger partial charge in [-0.3, -0.25) is 29.6 Å². The Morgan fingerprint density at radius 2 is 1.76 bits per heavy atom. The zero-order valence-electron chi connectivity index (χ0n) is 49.1. The highest BCUT2D eigenvalue weighted by atomic mass is 32.2. The molecular formula is C63H74N12O11S. The van der Waals surface area contributed by atoms with Gasteiger partial charge in [-0.15, -0.1) is 0 Å². The molecule has 24 heteroatoms. The van der Waals surface area contributed by atoms with E-state index in [1.807, 2.05) is 36.7 Å². The van der Waals surface area contributed by atoms with Gasteiger partial charge >= 0.3 is 0 Å². The number of morpholine rings is 2. The number of likely N-dealkylation sites (tertiary alicyclic amines) is 1. The second-order valence-electron chi connectivity index (χ2n) is 25.2. The van der Waals surface area contributed by atoms with Gasteiger partial charge in [0, 0.05) is 126 Å². The number of rotatable bonds is 14. The van der Waals surface area contributed by atoms with Crippen LogP contribution in [-0.2, 0) is 30.8 Å². The first-order chi connectivity index (χ1) is 42.3. The van der Waals surface area contributed by atoms with E-state index >= 15 is 0 Å². The van der Waals surface area contributed by atoms with E-state index in [4.69, 9.17) is 38.4 Å². The molecule has 3 N–H and O–H groups in total. The summed E-state index contributed by atoms with van der Waals surface area (Å²) in [4.78, 5) is 53.9. The van der Waals surface area contributed by atoms with E-state index in [0.29, 0.717) is 68.3 Å². The fourth-order valence-electron chi connectivity index (χ4n) is 15.4. The molecule has 15 rings (SSSR count). The van der Waals surface area contributed by atoms with Crippen molar-refractivity contribution in [1.82, 2.24) is 34.4 Å². The Morgan fingerprint density at radius 1 is 0.908 bits per heavy atom. The molecule has 2 bridgehead atoms. The Labute approximate surface area is 505 Å². The van der Waals surface area contributed by atoms with Gasteiger partial charge in [-0.1, -0.05) is 24.3 Å². The number of H-pyrrole nitrogens is 1. The first-order valence-electron chi connectivity index (χ1n) is 30.8. The van der Waals surface area contributed by atoms with Gasteiger partial charge in [0.25, 0.3) is 21.6 Å². The average molecular weight is 1210 g/mol. The number of anilines is 5. The second kappa shape index (κ2) is 22.7. The van der Waals surface area contributed by atoms with Crippen LogP contribution in [0.1, 0.15) is 71.6 Å². The summed E-state index contributed by atoms with van der Waals surface area (Å²) in [6.45, 7) is 13.3. The predicted octanol–water partition coefficient (Wildman–Crippen LogP) is 6.78. The summed E-state index contributed by atoms with van der Waals surface area (Å²) in [6, 6.07) is 23.1. The molecule has 3 aromatic carbocycles. The smallest absolute Gasteiger partial charge is 0.297 e. The fraction of sp³-hybridized carbons (Fsp3) is 0.508. The molecule has 1 spiro atoms. The van der Waals surface area contributed by atoms with Crippen LogP contribution in [0.5, 0.6) is 17.4 Å². The number of benzene rings is 3. The lowest BCUT2D eigenvalue weighted by atomic mass is 9.59. The molecule has 6 saturated heterocycles. The minimum Gasteiger partial charge on any atom is -0.493 e. The van der Waals surface area contributed by atoms with Crippen molar-refractivity contribution in [3.05, 3.63) is 118 Å². The third kappa shape index (κ3) is 10.6. The maximum absolute atomic E-state index is 15.0. The lowest BCUT2D eigenvalue weighted by Crippen LogP contribution is -2.59. The number of amides is 1. The van der Waals surface area contributed by atoms with E-state index in [0.717, 1.165) is 125 Å². The molecule has 23 nitrogen and oxygen atoms in total. The van der Waals surface area contributed by atoms with E-state index in [1.165, 1.54) is 17.2 Å². The van der Waals surface area contributed by atoms with Gasteiger partial charge in [0.15, 0.2) is 23.0 Å². The molecule has 87 heavy (non-hydrogen) atoms. The summed E-state index contributed by atoms with van der Waals surface area (Å²) in [6.07, 6.45) is 9.31. The van der Waals surface area contributed by atoms with Gasteiger partial charge in [-0.2, -0.15) is 4.98 Å². The van der Waals surface area contributed by atoms with Crippen LogP contribution < -0.4 is 38.9 Å². The average Bonchev–Trinajstić information content (AvgIpc) is 1.50. The Morgan fingerprint density at radius 3 is 2.55 bits per heavy atom. The maximum atomic E-state index is 15.0. The molecule has 1 aliphatic carbocycles. The number of carbonyl (C=O) groups is 1. The number of aromatic nitrogens is 3. The molecule has 8 aliphatic heterocycles. The molecule has 7 fully saturated rings. The van der Waals surface area contributed by atoms with Crippen LogP contribution in [0.15, 0.2) is 90.1 Å². The summed E-state index contributed by atoms with van der Waals surface area (Å²) >= 11 is 0. The van der Waals surface area contributed by atoms with Crippen LogP contribution >= 0.6 is 0 Å². The predicted molar refractivity (Wildman–Crippen MR) is 325 cm³/mol. The van der Waals surface area contributed by atoms with E-state index in [-0.39, 0.29) is 65.9 Å². The molecule has 6 atom stereocenters. The number of carbonyl (C=O) groups excluding carboxylic acids is 1. The van der Waals surface area contributed by atoms with E-state index < -0.39 is 37.5 Å². The van der Waals surface area contributed by atoms with Gasteiger partial charge in [0.05, 0.1) is 72.8 Å². The third-order valence-corrected chi connectivity index (χ3v) is 21.3. The number of aryl methyl sites for hydroxylation is 1. The van der Waals surface area contributed by atoms with Crippen LogP contribution in [0, 0.1) is 22.5 Å². The van der Waals surface area contributed by atoms with Crippen LogP contribution in [0.3, 0.4) is 0 Å². The lowest BCUT2D eigenvalue weighted by Gasteiger charge is -2.58. The molecule has 458 valence electrons. The van der Waals surface area contributed by atoms with Crippen molar-refractivity contribution in [2.45, 2.75) is 99.3 Å². The SMILES string of the molecule is COc1cc(CN2CCN(C3CC4(CCN(c5ccc(C(=O)NS(=O)(=O)c6cc7c(c([N+](=O)[O-])c6)N[C@@H](CN6C[C@@H]8C[C@H]6CO8)CO7)c(N6c7cc8cc[nH]c8nc7O[C@H]7COCC[C@@H]76)c5)CC4)C3)[C@H](c3ccccc3C)C2)cnc1N1CCOCC1. The van der Waals surface area contributed by atoms with Crippen LogP contribution in [0.25, 0.3) is 11.0 Å². The Kier molecular flexibility index (Phi) is 14.7. The van der Waals surface area contributed by atoms with Crippen LogP contribution in [-0.4, -0.2) is 191 Å². The molecule has 0 unspecified atom stereocenters. The number of methoxy groups -OCH3 is 1. The Bertz CT molecular complexity index is 3740. The minimum atomic E-state index is -4.73. The zero-order valence-corrected chi connectivity index (χ0v) is 49.9. The number of nitro groups is 1. The van der Waals surface area contributed by atoms with Crippen molar-refractivity contribution in [2.75, 3.05) is 126 Å². The van der Waals surface area contributed by atoms with Crippen molar-refractivity contribution >= 4 is 61.2 Å². The highest BCUT2D eigenvalue weighted by Gasteiger charge is 2.51. The summed E-state index contributed by atoms with van der Waals surface area (Å²) in [5, 5.41) is 16.8. The van der Waals surface area contributed by atoms with Gasteiger partial charge < -0.3 is 53.4 Å². The first-order valence-corrected chi connectivity index (χ1v) is 32.3. The summed E-state index contributed by atoms with van der Waals surface area (Å²) in [5.41, 5.74) is 6.40. The number of piperazine rings is 1. The number of hydrogen-bond donors (Lipinski definition) is 3. The molecule has 9 aliphatic rings. The molecule has 1 amide bonds. The van der Waals surface area contributed by atoms with Crippen molar-refractivity contribution in [1.29, 1.82) is 0 Å². The van der Waals surface area contributed by atoms with Crippen molar-refractivity contribution in [3.63, 3.8) is 0 Å². The number of piperidine rings is 1. The number of pyridine rings is 2. The van der Waals surface area contributed by atoms with Crippen molar-refractivity contribution in [2.24, 2.45) is 5.41 Å². The highest BCUT2D eigenvalue weighted by Crippen LogP contribution is 2.54. The summed E-state index contributed by atoms with van der Waals surface area (Å²) < 4.78 is 67.3. The molecule has 0 radical (unpaired) electrons. The number of nitrogens with zero attached hydrogens (tertiary/aromatic N) is 9. The molecule has 6 aromatic rings. The Hall–Kier alpha value is -7.32. The molecule has 3 aromatic heterocycles. The van der Waals surface area contributed by atoms with E-state index in [1.54, 1.807) is 13.2 Å². The third-order valence-electron chi connectivity index (χ3n) is 20.0. The van der Waals surface area contributed by atoms with Crippen molar-refractivity contribution < 1.29 is 46.6 Å². The summed E-state index contributed by atoms with van der Waals surface area (Å²) in [5.74, 6) is 1.15. The van der Waals surface area contributed by atoms with E-state index in [2.05, 4.69) is 81.7 Å². The number of nitro benzene ring substituents is 1. The number of fused-ring (bicyclic) bond motifs is 6. The van der Waals surface area contributed by atoms with Gasteiger partial charge in [0.2, 0.25) is 5.88 Å². The topological polar surface area (TPSA) is 235 Å². The van der Waals surface area contributed by atoms with Gasteiger partial charge in [-0.25, -0.2) is 18.1 Å². The highest BCUT2D eigenvalue weighted by molar-refractivity contribution is 7.90. The number of hydrogen-bond acceptors (Lipinski definition) is 20. The number of aromatic amines is 1. The normalized spacial score (nSPS) is 25.7. The molecular weight excluding hydrogens is 1130 g/mol. The van der Waals surface area contributed by atoms with Crippen LogP contribution in [0.4, 0.5) is 34.3 Å².